The van der Waals surface area contributed by atoms with Crippen molar-refractivity contribution in [3.63, 3.8) is 0 Å². The summed E-state index contributed by atoms with van der Waals surface area (Å²) in [6, 6.07) is 5.50. The van der Waals surface area contributed by atoms with Gasteiger partial charge in [-0.1, -0.05) is 43.5 Å². The summed E-state index contributed by atoms with van der Waals surface area (Å²) in [5.74, 6) is -0.559. The molecule has 1 saturated carbocycles. The third kappa shape index (κ3) is 10.3. The minimum absolute atomic E-state index is 0. The van der Waals surface area contributed by atoms with E-state index in [4.69, 9.17) is 24.9 Å². The number of aliphatic hydroxyl groups excluding tert-OH is 1. The standard InChI is InChI=1S/C44H60F2N6O4S.K/c1-9-27(3)37(39-32(16-47)41(48)57-40(39)35(45)10-2)38-34-21-55-20-33(34)31(15-36(38)46)42(52-29-11-12-30(52)19-51(18-29)17-28(4)53)49-26-56-25-44(13-14-44)23-50(7)22-43(5,6)24-54-8;/h10,26,28-30,53H,9,11-14,17-25,48H2,1-8H3;/q-2;+1/b35-10+,37-27?,49-42+;. The van der Waals surface area contributed by atoms with Gasteiger partial charge in [-0.15, -0.1) is 28.5 Å². The molecule has 2 saturated heterocycles. The van der Waals surface area contributed by atoms with Crippen molar-refractivity contribution in [2.75, 3.05) is 65.8 Å². The van der Waals surface area contributed by atoms with Crippen molar-refractivity contribution >= 4 is 33.6 Å². The Morgan fingerprint density at radius 3 is 2.52 bits per heavy atom. The number of methoxy groups -OCH3 is 1. The second-order valence-corrected chi connectivity index (χ2v) is 18.5. The molecule has 2 aromatic rings. The molecule has 10 nitrogen and oxygen atoms in total. The summed E-state index contributed by atoms with van der Waals surface area (Å²) in [5.41, 5.74) is 10.2. The topological polar surface area (TPSA) is 120 Å². The van der Waals surface area contributed by atoms with E-state index in [-0.39, 0.29) is 109 Å². The normalized spacial score (nSPS) is 21.5. The first-order chi connectivity index (χ1) is 27.2. The van der Waals surface area contributed by atoms with Crippen molar-refractivity contribution < 1.29 is 79.5 Å². The number of thiophene rings is 1. The molecule has 312 valence electrons. The summed E-state index contributed by atoms with van der Waals surface area (Å²) >= 11 is 0.993. The van der Waals surface area contributed by atoms with Crippen LogP contribution in [0.5, 0.6) is 0 Å². The van der Waals surface area contributed by atoms with Crippen LogP contribution < -0.4 is 57.1 Å². The quantitative estimate of drug-likeness (QED) is 0.0779. The molecule has 1 aromatic carbocycles. The molecule has 14 heteroatoms. The number of nitrogens with zero attached hydrogens (tertiary/aromatic N) is 5. The molecule has 3 fully saturated rings. The summed E-state index contributed by atoms with van der Waals surface area (Å²) < 4.78 is 50.6. The van der Waals surface area contributed by atoms with Crippen molar-refractivity contribution in [2.45, 2.75) is 105 Å². The van der Waals surface area contributed by atoms with Crippen molar-refractivity contribution in [1.82, 2.24) is 14.7 Å². The van der Waals surface area contributed by atoms with Crippen molar-refractivity contribution in [3.05, 3.63) is 68.5 Å². The van der Waals surface area contributed by atoms with Crippen LogP contribution in [-0.2, 0) is 27.4 Å². The number of nitriles is 1. The van der Waals surface area contributed by atoms with Gasteiger partial charge >= 0.3 is 51.4 Å². The predicted octanol–water partition coefficient (Wildman–Crippen LogP) is 4.53. The zero-order valence-electron chi connectivity index (χ0n) is 35.9. The van der Waals surface area contributed by atoms with Crippen LogP contribution in [0.3, 0.4) is 0 Å². The van der Waals surface area contributed by atoms with Gasteiger partial charge in [0.2, 0.25) is 0 Å². The zero-order chi connectivity index (χ0) is 41.2. The number of allylic oxidation sites excluding steroid dienone is 2. The van der Waals surface area contributed by atoms with Gasteiger partial charge in [0.15, 0.2) is 0 Å². The van der Waals surface area contributed by atoms with Gasteiger partial charge in [-0.25, -0.2) is 8.78 Å². The van der Waals surface area contributed by atoms with Crippen molar-refractivity contribution in [1.29, 1.82) is 5.26 Å². The number of aliphatic hydroxyl groups is 1. The number of hydrogen-bond acceptors (Lipinski definition) is 10. The van der Waals surface area contributed by atoms with E-state index in [9.17, 15) is 10.4 Å². The molecule has 3 atom stereocenters. The van der Waals surface area contributed by atoms with E-state index in [0.29, 0.717) is 54.3 Å². The van der Waals surface area contributed by atoms with Crippen molar-refractivity contribution in [2.24, 2.45) is 15.8 Å². The Kier molecular flexibility index (Phi) is 16.3. The Bertz CT molecular complexity index is 1920. The number of piperazine rings is 1. The number of amidine groups is 1. The smallest absolute Gasteiger partial charge is 0.427 e. The molecule has 1 aliphatic carbocycles. The molecule has 0 amide bonds. The number of nitrogen functional groups attached to an aromatic ring is 1. The summed E-state index contributed by atoms with van der Waals surface area (Å²) in [5, 5.41) is 20.7. The number of β-amino-alcohol motifs (C(OH)–C–C–N with tert-alkyl or cyclic N) is 1. The SMILES string of the molecule is C/C=C(/F)c1sc(N)c(C#N)c1C(=C(C)CC)c1c(F)[c-]c(/C(=N\[CH-]OCC2(CN(C)CC(C)(C)COC)CC2)N2C3CCC2CN(CC(C)O)C3)c2c1COC2.[K+]. The molecular formula is C44H60F2KN6O4S-. The molecule has 0 spiro atoms. The molecule has 2 bridgehead atoms. The maximum absolute atomic E-state index is 17.3. The number of ether oxygens (including phenoxy) is 3. The summed E-state index contributed by atoms with van der Waals surface area (Å²) in [6.45, 7) is 18.6. The number of aliphatic imine (C=N–C) groups is 1. The van der Waals surface area contributed by atoms with Crippen LogP contribution in [0.15, 0.2) is 16.6 Å². The van der Waals surface area contributed by atoms with Gasteiger partial charge in [-0.3, -0.25) is 4.90 Å². The van der Waals surface area contributed by atoms with Crippen LogP contribution in [0.2, 0.25) is 0 Å². The van der Waals surface area contributed by atoms with Gasteiger partial charge in [0.05, 0.1) is 29.8 Å². The van der Waals surface area contributed by atoms with E-state index in [1.54, 1.807) is 14.0 Å². The van der Waals surface area contributed by atoms with Crippen LogP contribution in [0.25, 0.3) is 11.4 Å². The molecule has 4 aliphatic rings. The molecule has 3 N–H and O–H groups in total. The van der Waals surface area contributed by atoms with E-state index in [0.717, 1.165) is 74.3 Å². The van der Waals surface area contributed by atoms with Crippen LogP contribution in [0, 0.1) is 40.8 Å². The van der Waals surface area contributed by atoms with Crippen molar-refractivity contribution in [3.8, 4) is 6.07 Å². The molecule has 58 heavy (non-hydrogen) atoms. The van der Waals surface area contributed by atoms with Gasteiger partial charge in [-0.2, -0.15) is 5.26 Å². The fourth-order valence-corrected chi connectivity index (χ4v) is 10.3. The Balaban J connectivity index is 0.00000641. The van der Waals surface area contributed by atoms with Gasteiger partial charge in [-0.05, 0) is 78.1 Å². The first kappa shape index (κ1) is 47.3. The minimum atomic E-state index is -0.623. The van der Waals surface area contributed by atoms with Gasteiger partial charge in [0, 0.05) is 87.3 Å². The number of benzene rings is 1. The van der Waals surface area contributed by atoms with Crippen LogP contribution in [0.1, 0.15) is 112 Å². The first-order valence-corrected chi connectivity index (χ1v) is 21.0. The number of hydrogen-bond donors (Lipinski definition) is 2. The number of fused-ring (bicyclic) bond motifs is 3. The Labute approximate surface area is 390 Å². The second-order valence-electron chi connectivity index (χ2n) is 17.4. The third-order valence-electron chi connectivity index (χ3n) is 11.9. The van der Waals surface area contributed by atoms with Gasteiger partial charge < -0.3 is 39.8 Å². The largest absolute Gasteiger partial charge is 1.00 e. The molecule has 3 unspecified atom stereocenters. The summed E-state index contributed by atoms with van der Waals surface area (Å²) in [7, 11) is 3.89. The van der Waals surface area contributed by atoms with Gasteiger partial charge in [0.1, 0.15) is 16.9 Å². The van der Waals surface area contributed by atoms with E-state index < -0.39 is 17.7 Å². The van der Waals surface area contributed by atoms with Gasteiger partial charge in [0.25, 0.3) is 0 Å². The Morgan fingerprint density at radius 1 is 1.26 bits per heavy atom. The average molecular weight is 846 g/mol. The fourth-order valence-electron chi connectivity index (χ4n) is 9.27. The number of likely N-dealkylation sites (tertiary alicyclic amines) is 1. The maximum Gasteiger partial charge on any atom is 1.00 e. The first-order valence-electron chi connectivity index (χ1n) is 20.2. The Morgan fingerprint density at radius 2 is 1.93 bits per heavy atom. The van der Waals surface area contributed by atoms with Crippen LogP contribution >= 0.6 is 11.3 Å². The monoisotopic (exact) mass is 845 g/mol. The van der Waals surface area contributed by atoms with E-state index >= 15 is 8.78 Å². The zero-order valence-corrected chi connectivity index (χ0v) is 39.9. The summed E-state index contributed by atoms with van der Waals surface area (Å²) in [6.07, 6.45) is 5.44. The molecule has 1 aromatic heterocycles. The molecule has 6 rings (SSSR count). The predicted molar refractivity (Wildman–Crippen MR) is 222 cm³/mol. The van der Waals surface area contributed by atoms with E-state index in [1.165, 1.54) is 12.8 Å². The fraction of sp³-hybridized carbons (Fsp3) is 0.614. The molecule has 4 heterocycles. The second kappa shape index (κ2) is 20.0. The minimum Gasteiger partial charge on any atom is -0.427 e. The van der Waals surface area contributed by atoms with Crippen LogP contribution in [-0.4, -0.2) is 104 Å². The third-order valence-corrected chi connectivity index (χ3v) is 12.9. The van der Waals surface area contributed by atoms with Crippen LogP contribution in [0.4, 0.5) is 13.8 Å². The molecule has 0 radical (unpaired) electrons. The number of nitrogens with two attached hydrogens (primary N) is 1. The average Bonchev–Trinajstić information content (AvgIpc) is 3.43. The number of halogens is 2. The maximum atomic E-state index is 17.3. The molecule has 3 aliphatic heterocycles. The van der Waals surface area contributed by atoms with E-state index in [1.807, 2.05) is 20.8 Å². The van der Waals surface area contributed by atoms with E-state index in [2.05, 4.69) is 47.7 Å². The Hall–Kier alpha value is -1.71. The number of anilines is 1. The summed E-state index contributed by atoms with van der Waals surface area (Å²) in [4.78, 5) is 12.2. The molecular weight excluding hydrogens is 786 g/mol. The number of rotatable bonds is 17.